The Balaban J connectivity index is 0.000000144. The summed E-state index contributed by atoms with van der Waals surface area (Å²) in [5.74, 6) is -1.96. The minimum absolute atomic E-state index is 0.166. The van der Waals surface area contributed by atoms with Crippen molar-refractivity contribution in [3.8, 4) is 11.4 Å². The van der Waals surface area contributed by atoms with Gasteiger partial charge in [-0.25, -0.2) is 57.2 Å². The molecule has 1 amide bonds. The highest BCUT2D eigenvalue weighted by atomic mass is 19.4. The predicted molar refractivity (Wildman–Crippen MR) is 270 cm³/mol. The smallest absolute Gasteiger partial charge is 0.433 e. The van der Waals surface area contributed by atoms with Crippen molar-refractivity contribution >= 4 is 29.7 Å². The number of nitrogens with two attached hydrogens (primary N) is 1. The third-order valence-corrected chi connectivity index (χ3v) is 14.1. The van der Waals surface area contributed by atoms with Crippen LogP contribution in [0.2, 0.25) is 0 Å². The number of hydrogen-bond donors (Lipinski definition) is 5. The van der Waals surface area contributed by atoms with Crippen molar-refractivity contribution in [3.05, 3.63) is 168 Å². The molecule has 8 aromatic heterocycles. The first-order valence-electron chi connectivity index (χ1n) is 24.8. The Morgan fingerprint density at radius 1 is 0.641 bits per heavy atom. The normalized spacial score (nSPS) is 15.6. The lowest BCUT2D eigenvalue weighted by molar-refractivity contribution is -0.141. The number of carboxylic acid groups (broad SMARTS) is 1. The number of rotatable bonds is 16. The molecule has 3 aliphatic rings. The van der Waals surface area contributed by atoms with Gasteiger partial charge in [-0.2, -0.15) is 23.4 Å². The predicted octanol–water partition coefficient (Wildman–Crippen LogP) is 8.34. The van der Waals surface area contributed by atoms with Gasteiger partial charge < -0.3 is 26.8 Å². The maximum Gasteiger partial charge on any atom is 0.433 e. The summed E-state index contributed by atoms with van der Waals surface area (Å²) in [6.45, 7) is 2.85. The molecule has 78 heavy (non-hydrogen) atoms. The number of amides is 1. The first kappa shape index (κ1) is 53.8. The van der Waals surface area contributed by atoms with Gasteiger partial charge in [-0.05, 0) is 93.8 Å². The van der Waals surface area contributed by atoms with Crippen LogP contribution in [0.1, 0.15) is 114 Å². The second-order valence-corrected chi connectivity index (χ2v) is 19.0. The average molecular weight is 1080 g/mol. The van der Waals surface area contributed by atoms with Crippen molar-refractivity contribution in [2.75, 3.05) is 29.0 Å². The van der Waals surface area contributed by atoms with Crippen LogP contribution in [-0.2, 0) is 29.0 Å². The van der Waals surface area contributed by atoms with Gasteiger partial charge in [0.1, 0.15) is 45.8 Å². The zero-order valence-electron chi connectivity index (χ0n) is 41.8. The second kappa shape index (κ2) is 22.7. The Morgan fingerprint density at radius 3 is 1.54 bits per heavy atom. The molecule has 0 bridgehead atoms. The van der Waals surface area contributed by atoms with E-state index < -0.39 is 35.1 Å². The molecule has 0 radical (unpaired) electrons. The lowest BCUT2D eigenvalue weighted by atomic mass is 9.66. The first-order valence-corrected chi connectivity index (χ1v) is 24.8. The SMILES string of the molecule is CCc1nn(-c2cnc(NCC3(c4ncccc4F)CCC3)nc2)cc1C(=O)O.Fc1cccnc1C1(Nc2nccc(C(F)(F)F)n2)CCC1.NC(=O)c1cnn(-c2cnc(NCC3(c4ncccc4F)CCC3)nc2)c1. The van der Waals surface area contributed by atoms with Gasteiger partial charge >= 0.3 is 12.1 Å². The molecular weight excluding hydrogens is 1020 g/mol. The standard InChI is InChI=1S/C20H21FN6O2.C18H18FN7O.C14H12F4N4/c1-2-16-14(18(28)29)11-27(26-16)13-9-23-19(24-10-13)25-12-20(6-4-7-20)17-15(21)5-3-8-22-17;19-14-3-1-6-21-15(14)18(4-2-5-18)11-24-17-22-8-13(9-23-17)26-10-12(7-25-26)16(20)27;15-9-3-1-7-19-11(9)13(5-2-6-13)22-12-20-8-4-10(21-12)14(16,17)18/h3,5,8-11H,2,4,6-7,12H2,1H3,(H,28,29)(H,23,24,25);1,3,6-10H,2,4-5,11H2,(H2,20,27)(H,22,23,24);1,3-4,7-8H,2,5-6H2,(H,20,21,22). The number of carbonyl (C=O) groups excluding carboxylic acids is 1. The third-order valence-electron chi connectivity index (χ3n) is 14.1. The van der Waals surface area contributed by atoms with E-state index in [2.05, 4.69) is 71.0 Å². The Hall–Kier alpha value is -8.97. The fraction of sp³-hybridized carbons (Fsp3) is 0.327. The van der Waals surface area contributed by atoms with Crippen LogP contribution in [0.15, 0.2) is 111 Å². The second-order valence-electron chi connectivity index (χ2n) is 19.0. The van der Waals surface area contributed by atoms with Crippen molar-refractivity contribution in [3.63, 3.8) is 0 Å². The molecule has 20 nitrogen and oxygen atoms in total. The number of nitrogens with one attached hydrogen (secondary N) is 3. The molecule has 26 heteroatoms. The van der Waals surface area contributed by atoms with E-state index >= 15 is 0 Å². The number of hydrogen-bond acceptors (Lipinski definition) is 16. The molecule has 3 aliphatic carbocycles. The third kappa shape index (κ3) is 11.7. The van der Waals surface area contributed by atoms with Crippen molar-refractivity contribution in [1.82, 2.24) is 64.4 Å². The monoisotopic (exact) mass is 1080 g/mol. The van der Waals surface area contributed by atoms with E-state index in [0.29, 0.717) is 78.3 Å². The van der Waals surface area contributed by atoms with Gasteiger partial charge in [0.2, 0.25) is 17.8 Å². The van der Waals surface area contributed by atoms with Crippen LogP contribution in [0.25, 0.3) is 11.4 Å². The molecule has 0 unspecified atom stereocenters. The van der Waals surface area contributed by atoms with Gasteiger partial charge in [-0.15, -0.1) is 0 Å². The molecular formula is C52H51F6N17O3. The van der Waals surface area contributed by atoms with Crippen LogP contribution in [0.3, 0.4) is 0 Å². The summed E-state index contributed by atoms with van der Waals surface area (Å²) in [6, 6.07) is 9.60. The molecule has 0 aliphatic heterocycles. The van der Waals surface area contributed by atoms with E-state index in [1.54, 1.807) is 49.3 Å². The summed E-state index contributed by atoms with van der Waals surface area (Å²) in [7, 11) is 0. The lowest BCUT2D eigenvalue weighted by Crippen LogP contribution is -2.44. The molecule has 6 N–H and O–H groups in total. The van der Waals surface area contributed by atoms with Crippen molar-refractivity contribution in [2.24, 2.45) is 5.73 Å². The molecule has 404 valence electrons. The minimum atomic E-state index is -4.55. The number of aromatic carboxylic acids is 1. The number of carboxylic acids is 1. The van der Waals surface area contributed by atoms with E-state index in [-0.39, 0.29) is 39.7 Å². The van der Waals surface area contributed by atoms with Crippen LogP contribution >= 0.6 is 0 Å². The Kier molecular flexibility index (Phi) is 15.7. The maximum absolute atomic E-state index is 14.2. The van der Waals surface area contributed by atoms with Crippen LogP contribution in [0, 0.1) is 17.5 Å². The van der Waals surface area contributed by atoms with E-state index in [9.17, 15) is 41.0 Å². The minimum Gasteiger partial charge on any atom is -0.478 e. The van der Waals surface area contributed by atoms with Gasteiger partial charge in [0.05, 0.1) is 59.2 Å². The Bertz CT molecular complexity index is 3380. The molecule has 11 rings (SSSR count). The zero-order chi connectivity index (χ0) is 55.1. The van der Waals surface area contributed by atoms with Gasteiger partial charge in [-0.3, -0.25) is 19.7 Å². The van der Waals surface area contributed by atoms with Gasteiger partial charge in [0.25, 0.3) is 5.91 Å². The summed E-state index contributed by atoms with van der Waals surface area (Å²) >= 11 is 0. The number of carbonyl (C=O) groups is 2. The number of aromatic nitrogens is 13. The molecule has 0 atom stereocenters. The lowest BCUT2D eigenvalue weighted by Gasteiger charge is -2.42. The summed E-state index contributed by atoms with van der Waals surface area (Å²) in [5, 5.41) is 26.8. The summed E-state index contributed by atoms with van der Waals surface area (Å²) in [5.41, 5.74) is 5.96. The Labute approximate surface area is 441 Å². The number of halogens is 6. The zero-order valence-corrected chi connectivity index (χ0v) is 41.8. The molecule has 8 aromatic rings. The molecule has 0 aromatic carbocycles. The van der Waals surface area contributed by atoms with Gasteiger partial charge in [0, 0.05) is 61.1 Å². The highest BCUT2D eigenvalue weighted by Gasteiger charge is 2.45. The molecule has 3 saturated carbocycles. The van der Waals surface area contributed by atoms with Crippen molar-refractivity contribution in [2.45, 2.75) is 93.7 Å². The van der Waals surface area contributed by atoms with Gasteiger partial charge in [0.15, 0.2) is 0 Å². The van der Waals surface area contributed by atoms with E-state index in [1.165, 1.54) is 58.4 Å². The number of pyridine rings is 3. The van der Waals surface area contributed by atoms with Crippen LogP contribution in [0.4, 0.5) is 44.2 Å². The number of primary amides is 1. The average Bonchev–Trinajstić information content (AvgIpc) is 4.17. The summed E-state index contributed by atoms with van der Waals surface area (Å²) in [4.78, 5) is 59.4. The van der Waals surface area contributed by atoms with Crippen LogP contribution in [-0.4, -0.2) is 94.5 Å². The molecule has 8 heterocycles. The first-order chi connectivity index (χ1) is 37.5. The van der Waals surface area contributed by atoms with E-state index in [0.717, 1.165) is 57.2 Å². The van der Waals surface area contributed by atoms with E-state index in [4.69, 9.17) is 5.73 Å². The van der Waals surface area contributed by atoms with Gasteiger partial charge in [-0.1, -0.05) is 19.8 Å². The maximum atomic E-state index is 14.2. The molecule has 0 saturated heterocycles. The van der Waals surface area contributed by atoms with Crippen LogP contribution in [0.5, 0.6) is 0 Å². The number of anilines is 3. The van der Waals surface area contributed by atoms with E-state index in [1.807, 2.05) is 6.92 Å². The quantitative estimate of drug-likeness (QED) is 0.0569. The number of alkyl halides is 3. The number of nitrogens with zero attached hydrogens (tertiary/aromatic N) is 13. The highest BCUT2D eigenvalue weighted by Crippen LogP contribution is 2.46. The Morgan fingerprint density at radius 2 is 1.14 bits per heavy atom. The molecule has 3 fully saturated rings. The fourth-order valence-corrected chi connectivity index (χ4v) is 9.36. The fourth-order valence-electron chi connectivity index (χ4n) is 9.36. The van der Waals surface area contributed by atoms with Crippen molar-refractivity contribution in [1.29, 1.82) is 0 Å². The number of aryl methyl sites for hydroxylation is 1. The largest absolute Gasteiger partial charge is 0.478 e. The van der Waals surface area contributed by atoms with Crippen molar-refractivity contribution < 1.29 is 41.0 Å². The highest BCUT2D eigenvalue weighted by molar-refractivity contribution is 5.92. The molecule has 0 spiro atoms. The van der Waals surface area contributed by atoms with Crippen LogP contribution < -0.4 is 21.7 Å². The topological polar surface area (TPSA) is 268 Å². The summed E-state index contributed by atoms with van der Waals surface area (Å²) < 4.78 is 83.4. The summed E-state index contributed by atoms with van der Waals surface area (Å²) in [6.07, 6.45) is 19.8.